The summed E-state index contributed by atoms with van der Waals surface area (Å²) in [7, 11) is 8.21. The normalized spacial score (nSPS) is 46.4. The van der Waals surface area contributed by atoms with Crippen molar-refractivity contribution in [3.8, 4) is 0 Å². The van der Waals surface area contributed by atoms with Crippen LogP contribution in [0.15, 0.2) is 0 Å². The largest absolute Gasteiger partial charge is 0.387 e. The molecule has 3 aliphatic heterocycles. The van der Waals surface area contributed by atoms with Crippen molar-refractivity contribution in [2.45, 2.75) is 92.1 Å². The molecule has 3 fully saturated rings. The molecular weight excluding hydrogens is 544 g/mol. The van der Waals surface area contributed by atoms with Gasteiger partial charge in [0.2, 0.25) is 0 Å². The van der Waals surface area contributed by atoms with Gasteiger partial charge in [0.15, 0.2) is 18.9 Å². The average molecular weight is 589 g/mol. The Labute approximate surface area is 232 Å². The lowest BCUT2D eigenvalue weighted by Gasteiger charge is -2.49. The van der Waals surface area contributed by atoms with Crippen LogP contribution < -0.4 is 0 Å². The Bertz CT molecular complexity index is 727. The van der Waals surface area contributed by atoms with E-state index in [-0.39, 0.29) is 19.8 Å². The lowest BCUT2D eigenvalue weighted by molar-refractivity contribution is -0.381. The summed E-state index contributed by atoms with van der Waals surface area (Å²) in [6, 6.07) is 0. The van der Waals surface area contributed by atoms with E-state index in [2.05, 4.69) is 0 Å². The van der Waals surface area contributed by atoms with Crippen LogP contribution in [0.3, 0.4) is 0 Å². The van der Waals surface area contributed by atoms with Crippen LogP contribution in [0.5, 0.6) is 0 Å². The molecule has 0 aromatic heterocycles. The van der Waals surface area contributed by atoms with E-state index < -0.39 is 92.1 Å². The second kappa shape index (κ2) is 15.7. The molecule has 3 heterocycles. The number of aliphatic hydroxyl groups is 5. The lowest BCUT2D eigenvalue weighted by atomic mass is 9.96. The zero-order chi connectivity index (χ0) is 29.6. The fraction of sp³-hybridized carbons (Fsp3) is 1.00. The summed E-state index contributed by atoms with van der Waals surface area (Å²) in [5.41, 5.74) is 0. The number of aliphatic hydroxyl groups excluding tert-OH is 5. The van der Waals surface area contributed by atoms with Crippen LogP contribution in [0, 0.1) is 0 Å². The van der Waals surface area contributed by atoms with E-state index in [1.807, 2.05) is 0 Å². The standard InChI is InChI=1S/C24H44O16/c1-30-7-10-13(25)14(26)20(34-5)23(37-10)40-18-12(9-32-3)38-24(21(35-6)16(18)28)39-17-11(8-31-2)36-22(29)19(33-4)15(17)27/h10-29H,7-9H2,1-6H3/t10-,11-,12-,13-,14+,15+,16+,17-,18-,19-,20-,21-,22+,23-,24-/m1/s1. The molecule has 16 heteroatoms. The second-order valence-corrected chi connectivity index (χ2v) is 9.78. The zero-order valence-corrected chi connectivity index (χ0v) is 23.5. The minimum atomic E-state index is -1.44. The Morgan fingerprint density at radius 2 is 0.850 bits per heavy atom. The summed E-state index contributed by atoms with van der Waals surface area (Å²) < 4.78 is 61.3. The molecular formula is C24H44O16. The van der Waals surface area contributed by atoms with Crippen LogP contribution in [0.4, 0.5) is 0 Å². The maximum absolute atomic E-state index is 11.4. The monoisotopic (exact) mass is 588 g/mol. The first-order valence-corrected chi connectivity index (χ1v) is 12.9. The quantitative estimate of drug-likeness (QED) is 0.141. The van der Waals surface area contributed by atoms with Gasteiger partial charge in [-0.15, -0.1) is 0 Å². The van der Waals surface area contributed by atoms with Gasteiger partial charge in [-0.25, -0.2) is 0 Å². The van der Waals surface area contributed by atoms with Gasteiger partial charge < -0.3 is 77.6 Å². The summed E-state index contributed by atoms with van der Waals surface area (Å²) in [6.07, 6.45) is -17.9. The Morgan fingerprint density at radius 1 is 0.450 bits per heavy atom. The van der Waals surface area contributed by atoms with Crippen LogP contribution in [0.1, 0.15) is 0 Å². The van der Waals surface area contributed by atoms with Crippen LogP contribution in [0.2, 0.25) is 0 Å². The molecule has 40 heavy (non-hydrogen) atoms. The van der Waals surface area contributed by atoms with Gasteiger partial charge >= 0.3 is 0 Å². The zero-order valence-electron chi connectivity index (χ0n) is 23.5. The van der Waals surface area contributed by atoms with Crippen molar-refractivity contribution in [3.63, 3.8) is 0 Å². The molecule has 3 rings (SSSR count). The minimum absolute atomic E-state index is 0.0381. The Hall–Kier alpha value is -0.640. The van der Waals surface area contributed by atoms with Crippen molar-refractivity contribution in [2.75, 3.05) is 62.5 Å². The van der Waals surface area contributed by atoms with E-state index in [1.54, 1.807) is 0 Å². The van der Waals surface area contributed by atoms with Gasteiger partial charge in [-0.2, -0.15) is 0 Å². The Balaban J connectivity index is 1.83. The molecule has 3 saturated heterocycles. The fourth-order valence-corrected chi connectivity index (χ4v) is 5.23. The van der Waals surface area contributed by atoms with Crippen LogP contribution in [0.25, 0.3) is 0 Å². The number of ether oxygens (including phenoxy) is 11. The first kappa shape index (κ1) is 33.9. The Morgan fingerprint density at radius 3 is 1.32 bits per heavy atom. The van der Waals surface area contributed by atoms with Crippen molar-refractivity contribution >= 4 is 0 Å². The molecule has 236 valence electrons. The predicted octanol–water partition coefficient (Wildman–Crippen LogP) is -3.65. The first-order chi connectivity index (χ1) is 19.2. The maximum Gasteiger partial charge on any atom is 0.187 e. The van der Waals surface area contributed by atoms with E-state index >= 15 is 0 Å². The number of rotatable bonds is 13. The summed E-state index contributed by atoms with van der Waals surface area (Å²) in [5, 5.41) is 53.6. The number of hydrogen-bond acceptors (Lipinski definition) is 16. The summed E-state index contributed by atoms with van der Waals surface area (Å²) >= 11 is 0. The van der Waals surface area contributed by atoms with Crippen molar-refractivity contribution in [2.24, 2.45) is 0 Å². The maximum atomic E-state index is 11.4. The van der Waals surface area contributed by atoms with Gasteiger partial charge in [0.25, 0.3) is 0 Å². The van der Waals surface area contributed by atoms with E-state index in [0.717, 1.165) is 0 Å². The first-order valence-electron chi connectivity index (χ1n) is 12.9. The van der Waals surface area contributed by atoms with Crippen molar-refractivity contribution in [1.29, 1.82) is 0 Å². The molecule has 0 spiro atoms. The molecule has 3 aliphatic rings. The molecule has 0 aliphatic carbocycles. The molecule has 0 radical (unpaired) electrons. The van der Waals surface area contributed by atoms with Crippen molar-refractivity contribution < 1.29 is 77.6 Å². The van der Waals surface area contributed by atoms with E-state index in [4.69, 9.17) is 52.1 Å². The van der Waals surface area contributed by atoms with Gasteiger partial charge in [0, 0.05) is 42.7 Å². The molecule has 0 saturated carbocycles. The Kier molecular flexibility index (Phi) is 13.3. The molecule has 0 bridgehead atoms. The van der Waals surface area contributed by atoms with Crippen molar-refractivity contribution in [3.05, 3.63) is 0 Å². The molecule has 0 aromatic carbocycles. The predicted molar refractivity (Wildman–Crippen MR) is 130 cm³/mol. The molecule has 0 amide bonds. The van der Waals surface area contributed by atoms with Gasteiger partial charge in [-0.3, -0.25) is 0 Å². The average Bonchev–Trinajstić information content (AvgIpc) is 2.92. The molecule has 0 unspecified atom stereocenters. The van der Waals surface area contributed by atoms with Gasteiger partial charge in [0.1, 0.15) is 73.2 Å². The van der Waals surface area contributed by atoms with Gasteiger partial charge in [-0.05, 0) is 0 Å². The third-order valence-electron chi connectivity index (χ3n) is 7.29. The highest BCUT2D eigenvalue weighted by Crippen LogP contribution is 2.34. The highest BCUT2D eigenvalue weighted by Gasteiger charge is 2.54. The number of methoxy groups -OCH3 is 6. The van der Waals surface area contributed by atoms with Gasteiger partial charge in [-0.1, -0.05) is 0 Å². The molecule has 16 nitrogen and oxygen atoms in total. The number of hydrogen-bond donors (Lipinski definition) is 5. The molecule has 5 N–H and O–H groups in total. The summed E-state index contributed by atoms with van der Waals surface area (Å²) in [6.45, 7) is -0.148. The topological polar surface area (TPSA) is 203 Å². The summed E-state index contributed by atoms with van der Waals surface area (Å²) in [4.78, 5) is 0. The third-order valence-corrected chi connectivity index (χ3v) is 7.29. The SMILES string of the molecule is COC[C@H]1O[C@H](O[C@H]2[C@H](O)[C@@H](OC)[C@@H](O[C@H]3[C@H](O)[C@@H](OC)[C@@H](O)O[C@@H]3COC)O[C@@H]2COC)[C@H](OC)[C@@H](O)[C@@H]1O. The van der Waals surface area contributed by atoms with Gasteiger partial charge in [0.05, 0.1) is 19.8 Å². The van der Waals surface area contributed by atoms with Crippen molar-refractivity contribution in [1.82, 2.24) is 0 Å². The third kappa shape index (κ3) is 7.28. The smallest absolute Gasteiger partial charge is 0.187 e. The highest BCUT2D eigenvalue weighted by atomic mass is 16.8. The molecule has 15 atom stereocenters. The summed E-state index contributed by atoms with van der Waals surface area (Å²) in [5.74, 6) is 0. The van der Waals surface area contributed by atoms with E-state index in [9.17, 15) is 25.5 Å². The fourth-order valence-electron chi connectivity index (χ4n) is 5.23. The highest BCUT2D eigenvalue weighted by molar-refractivity contribution is 4.97. The van der Waals surface area contributed by atoms with Crippen LogP contribution >= 0.6 is 0 Å². The van der Waals surface area contributed by atoms with Crippen LogP contribution in [-0.2, 0) is 52.1 Å². The second-order valence-electron chi connectivity index (χ2n) is 9.78. The van der Waals surface area contributed by atoms with E-state index in [0.29, 0.717) is 0 Å². The molecule has 0 aromatic rings. The van der Waals surface area contributed by atoms with E-state index in [1.165, 1.54) is 42.7 Å². The van der Waals surface area contributed by atoms with Crippen LogP contribution in [-0.4, -0.2) is 180 Å². The lowest BCUT2D eigenvalue weighted by Crippen LogP contribution is -2.67. The minimum Gasteiger partial charge on any atom is -0.387 e.